The van der Waals surface area contributed by atoms with Crippen LogP contribution in [0.5, 0.6) is 11.5 Å². The van der Waals surface area contributed by atoms with Gasteiger partial charge < -0.3 is 19.7 Å². The maximum atomic E-state index is 12.4. The minimum atomic E-state index is 0.00503. The van der Waals surface area contributed by atoms with Gasteiger partial charge in [-0.1, -0.05) is 18.2 Å². The summed E-state index contributed by atoms with van der Waals surface area (Å²) in [6, 6.07) is 6.14. The first-order valence-corrected chi connectivity index (χ1v) is 8.03. The molecule has 126 valence electrons. The average Bonchev–Trinajstić information content (AvgIpc) is 2.56. The van der Waals surface area contributed by atoms with Crippen molar-refractivity contribution in [3.05, 3.63) is 29.8 Å². The van der Waals surface area contributed by atoms with Gasteiger partial charge in [-0.25, -0.2) is 0 Å². The molecule has 1 heterocycles. The predicted molar refractivity (Wildman–Crippen MR) is 91.8 cm³/mol. The zero-order valence-electron chi connectivity index (χ0n) is 14.3. The van der Waals surface area contributed by atoms with Gasteiger partial charge in [0.25, 0.3) is 5.91 Å². The van der Waals surface area contributed by atoms with E-state index in [1.54, 1.807) is 7.11 Å². The monoisotopic (exact) mass is 318 g/mol. The van der Waals surface area contributed by atoms with E-state index in [-0.39, 0.29) is 18.6 Å². The number of nitrogens with zero attached hydrogens (tertiary/aromatic N) is 1. The van der Waals surface area contributed by atoms with Crippen molar-refractivity contribution in [1.29, 1.82) is 0 Å². The van der Waals surface area contributed by atoms with Crippen LogP contribution in [0, 0.1) is 0 Å². The molecule has 0 bridgehead atoms. The van der Waals surface area contributed by atoms with Gasteiger partial charge in [-0.2, -0.15) is 0 Å². The molecule has 0 aromatic heterocycles. The van der Waals surface area contributed by atoms with Crippen LogP contribution in [0.4, 0.5) is 0 Å². The normalized spacial score (nSPS) is 21.5. The van der Waals surface area contributed by atoms with Crippen LogP contribution >= 0.6 is 0 Å². The molecule has 5 heteroatoms. The van der Waals surface area contributed by atoms with Crippen LogP contribution < -0.4 is 14.8 Å². The van der Waals surface area contributed by atoms with Gasteiger partial charge in [0.15, 0.2) is 18.1 Å². The van der Waals surface area contributed by atoms with Crippen molar-refractivity contribution in [1.82, 2.24) is 10.2 Å². The van der Waals surface area contributed by atoms with Crippen molar-refractivity contribution in [3.63, 3.8) is 0 Å². The number of amides is 1. The van der Waals surface area contributed by atoms with E-state index in [1.165, 1.54) is 0 Å². The van der Waals surface area contributed by atoms with Crippen LogP contribution in [0.3, 0.4) is 0 Å². The number of hydrogen-bond donors (Lipinski definition) is 1. The summed E-state index contributed by atoms with van der Waals surface area (Å²) in [6.07, 6.45) is 3.95. The first-order chi connectivity index (χ1) is 11.1. The molecule has 0 saturated carbocycles. The first kappa shape index (κ1) is 17.3. The molecule has 0 radical (unpaired) electrons. The molecule has 2 atom stereocenters. The average molecular weight is 318 g/mol. The second-order valence-corrected chi connectivity index (χ2v) is 5.77. The van der Waals surface area contributed by atoms with Crippen molar-refractivity contribution in [2.24, 2.45) is 0 Å². The summed E-state index contributed by atoms with van der Waals surface area (Å²) < 4.78 is 11.1. The maximum Gasteiger partial charge on any atom is 0.260 e. The lowest BCUT2D eigenvalue weighted by Gasteiger charge is -2.38. The number of carbonyl (C=O) groups is 1. The number of nitrogens with one attached hydrogen (secondary N) is 1. The summed E-state index contributed by atoms with van der Waals surface area (Å²) in [5.74, 6) is 1.23. The third-order valence-electron chi connectivity index (χ3n) is 4.25. The highest BCUT2D eigenvalue weighted by atomic mass is 16.5. The van der Waals surface area contributed by atoms with E-state index in [9.17, 15) is 4.79 Å². The van der Waals surface area contributed by atoms with Crippen molar-refractivity contribution >= 4 is 12.0 Å². The number of ether oxygens (including phenoxy) is 2. The van der Waals surface area contributed by atoms with Crippen LogP contribution in [0.15, 0.2) is 24.3 Å². The maximum absolute atomic E-state index is 12.4. The van der Waals surface area contributed by atoms with Gasteiger partial charge in [-0.15, -0.1) is 0 Å². The van der Waals surface area contributed by atoms with Gasteiger partial charge in [-0.3, -0.25) is 4.79 Å². The fourth-order valence-corrected chi connectivity index (χ4v) is 2.73. The molecule has 5 nitrogen and oxygen atoms in total. The molecule has 0 spiro atoms. The fourth-order valence-electron chi connectivity index (χ4n) is 2.73. The number of methoxy groups -OCH3 is 1. The van der Waals surface area contributed by atoms with E-state index >= 15 is 0 Å². The van der Waals surface area contributed by atoms with Crippen LogP contribution in [-0.2, 0) is 4.79 Å². The summed E-state index contributed by atoms with van der Waals surface area (Å²) in [5.41, 5.74) is 1.03. The summed E-state index contributed by atoms with van der Waals surface area (Å²) in [5, 5.41) is 3.37. The van der Waals surface area contributed by atoms with E-state index < -0.39 is 0 Å². The summed E-state index contributed by atoms with van der Waals surface area (Å²) in [7, 11) is 1.60. The van der Waals surface area contributed by atoms with Crippen LogP contribution in [-0.4, -0.2) is 49.7 Å². The summed E-state index contributed by atoms with van der Waals surface area (Å²) >= 11 is 0. The molecule has 1 saturated heterocycles. The van der Waals surface area contributed by atoms with Crippen molar-refractivity contribution in [3.8, 4) is 11.5 Å². The Morgan fingerprint density at radius 1 is 1.39 bits per heavy atom. The minimum Gasteiger partial charge on any atom is -0.493 e. The Bertz CT molecular complexity index is 571. The summed E-state index contributed by atoms with van der Waals surface area (Å²) in [4.78, 5) is 14.3. The Balaban J connectivity index is 2.01. The van der Waals surface area contributed by atoms with Crippen molar-refractivity contribution in [2.75, 3.05) is 26.8 Å². The lowest BCUT2D eigenvalue weighted by atomic mass is 10.1. The quantitative estimate of drug-likeness (QED) is 0.905. The zero-order chi connectivity index (χ0) is 16.8. The van der Waals surface area contributed by atoms with Crippen molar-refractivity contribution < 1.29 is 14.3 Å². The molecule has 2 unspecified atom stereocenters. The van der Waals surface area contributed by atoms with E-state index in [0.29, 0.717) is 24.1 Å². The minimum absolute atomic E-state index is 0.00503. The zero-order valence-corrected chi connectivity index (χ0v) is 14.3. The Hall–Kier alpha value is -2.01. The molecule has 1 N–H and O–H groups in total. The number of allylic oxidation sites excluding steroid dienone is 1. The number of rotatable bonds is 5. The molecule has 0 aliphatic carbocycles. The molecule has 1 aromatic carbocycles. The first-order valence-electron chi connectivity index (χ1n) is 8.03. The number of benzene rings is 1. The lowest BCUT2D eigenvalue weighted by Crippen LogP contribution is -2.58. The highest BCUT2D eigenvalue weighted by Crippen LogP contribution is 2.28. The van der Waals surface area contributed by atoms with Gasteiger partial charge >= 0.3 is 0 Å². The number of carbonyl (C=O) groups excluding carboxylic acids is 1. The standard InChI is InChI=1S/C18H26N2O3/c1-5-6-15-7-8-16(17(11-15)22-4)23-12-18(21)20-10-9-19-13(2)14(20)3/h5-8,11,13-14,19H,9-10,12H2,1-4H3/b6-5+. The fraction of sp³-hybridized carbons (Fsp3) is 0.500. The largest absolute Gasteiger partial charge is 0.493 e. The van der Waals surface area contributed by atoms with E-state index in [2.05, 4.69) is 19.2 Å². The molecule has 1 aliphatic heterocycles. The lowest BCUT2D eigenvalue weighted by molar-refractivity contribution is -0.137. The third kappa shape index (κ3) is 4.26. The van der Waals surface area contributed by atoms with Gasteiger partial charge in [0.1, 0.15) is 0 Å². The van der Waals surface area contributed by atoms with Crippen LogP contribution in [0.25, 0.3) is 6.08 Å². The third-order valence-corrected chi connectivity index (χ3v) is 4.25. The molecule has 1 amide bonds. The smallest absolute Gasteiger partial charge is 0.260 e. The highest BCUT2D eigenvalue weighted by molar-refractivity contribution is 5.78. The molecule has 1 aliphatic rings. The number of hydrogen-bond acceptors (Lipinski definition) is 4. The van der Waals surface area contributed by atoms with Gasteiger partial charge in [-0.05, 0) is 38.5 Å². The van der Waals surface area contributed by atoms with E-state index in [0.717, 1.165) is 12.1 Å². The van der Waals surface area contributed by atoms with E-state index in [1.807, 2.05) is 42.2 Å². The topological polar surface area (TPSA) is 50.8 Å². The van der Waals surface area contributed by atoms with Crippen LogP contribution in [0.1, 0.15) is 26.3 Å². The van der Waals surface area contributed by atoms with Gasteiger partial charge in [0.2, 0.25) is 0 Å². The predicted octanol–water partition coefficient (Wildman–Crippen LogP) is 2.32. The molecule has 23 heavy (non-hydrogen) atoms. The molecular weight excluding hydrogens is 292 g/mol. The molecular formula is C18H26N2O3. The Morgan fingerprint density at radius 3 is 2.87 bits per heavy atom. The highest BCUT2D eigenvalue weighted by Gasteiger charge is 2.28. The van der Waals surface area contributed by atoms with E-state index in [4.69, 9.17) is 9.47 Å². The second-order valence-electron chi connectivity index (χ2n) is 5.77. The van der Waals surface area contributed by atoms with Crippen molar-refractivity contribution in [2.45, 2.75) is 32.9 Å². The summed E-state index contributed by atoms with van der Waals surface area (Å²) in [6.45, 7) is 7.67. The van der Waals surface area contributed by atoms with Gasteiger partial charge in [0.05, 0.1) is 7.11 Å². The molecule has 2 rings (SSSR count). The van der Waals surface area contributed by atoms with Crippen LogP contribution in [0.2, 0.25) is 0 Å². The molecule has 1 aromatic rings. The molecule has 1 fully saturated rings. The Morgan fingerprint density at radius 2 is 2.17 bits per heavy atom. The number of piperazine rings is 1. The Kier molecular flexibility index (Phi) is 6.04. The van der Waals surface area contributed by atoms with Gasteiger partial charge in [0, 0.05) is 25.2 Å². The Labute approximate surface area is 138 Å². The SMILES string of the molecule is C/C=C/c1ccc(OCC(=O)N2CCNC(C)C2C)c(OC)c1. The second kappa shape index (κ2) is 8.02.